The number of methoxy groups -OCH3 is 3. The summed E-state index contributed by atoms with van der Waals surface area (Å²) in [6.45, 7) is 1.89. The summed E-state index contributed by atoms with van der Waals surface area (Å²) >= 11 is 0. The van der Waals surface area contributed by atoms with Crippen LogP contribution in [0.15, 0.2) is 66.4 Å². The normalized spacial score (nSPS) is 13.4. The average Bonchev–Trinajstić information content (AvgIpc) is 3.08. The Hall–Kier alpha value is -4.33. The number of nitrogens with one attached hydrogen (secondary N) is 1. The first kappa shape index (κ1) is 22.8. The molecule has 3 aromatic carbocycles. The molecule has 0 aliphatic carbocycles. The van der Waals surface area contributed by atoms with Crippen molar-refractivity contribution in [2.24, 2.45) is 0 Å². The highest BCUT2D eigenvalue weighted by atomic mass is 19.1. The van der Waals surface area contributed by atoms with Crippen LogP contribution >= 0.6 is 0 Å². The predicted molar refractivity (Wildman–Crippen MR) is 127 cm³/mol. The Balaban J connectivity index is 1.90. The van der Waals surface area contributed by atoms with Crippen molar-refractivity contribution >= 4 is 28.8 Å². The molecule has 0 bridgehead atoms. The lowest BCUT2D eigenvalue weighted by Crippen LogP contribution is -2.33. The first-order valence-corrected chi connectivity index (χ1v) is 10.4. The Morgan fingerprint density at radius 1 is 0.794 bits per heavy atom. The van der Waals surface area contributed by atoms with Gasteiger partial charge >= 0.3 is 0 Å². The van der Waals surface area contributed by atoms with E-state index >= 15 is 0 Å². The highest BCUT2D eigenvalue weighted by Gasteiger charge is 2.41. The zero-order chi connectivity index (χ0) is 24.4. The maximum Gasteiger partial charge on any atom is 0.282 e. The first-order valence-electron chi connectivity index (χ1n) is 10.4. The average molecular weight is 462 g/mol. The predicted octanol–water partition coefficient (Wildman–Crippen LogP) is 4.56. The number of hydrogen-bond acceptors (Lipinski definition) is 6. The molecule has 0 saturated heterocycles. The van der Waals surface area contributed by atoms with Gasteiger partial charge in [0.25, 0.3) is 11.8 Å². The minimum atomic E-state index is -0.691. The lowest BCUT2D eigenvalue weighted by Gasteiger charge is -2.16. The van der Waals surface area contributed by atoms with Crippen LogP contribution in [0.2, 0.25) is 0 Å². The summed E-state index contributed by atoms with van der Waals surface area (Å²) in [6, 6.07) is 15.9. The molecule has 1 heterocycles. The van der Waals surface area contributed by atoms with Crippen LogP contribution in [-0.4, -0.2) is 33.1 Å². The molecular formula is C26H23FN2O5. The SMILES string of the molecule is COc1ccc(C)cc1NC1=C(c2ccc(OC)c(OC)c2)C(=O)N(c2ccccc2F)C1=O. The van der Waals surface area contributed by atoms with E-state index in [1.54, 1.807) is 36.4 Å². The molecule has 0 fully saturated rings. The third-order valence-electron chi connectivity index (χ3n) is 5.46. The van der Waals surface area contributed by atoms with Gasteiger partial charge in [0.2, 0.25) is 0 Å². The summed E-state index contributed by atoms with van der Waals surface area (Å²) in [6.07, 6.45) is 0. The van der Waals surface area contributed by atoms with E-state index in [1.807, 2.05) is 13.0 Å². The number of aryl methyl sites for hydroxylation is 1. The second-order valence-corrected chi connectivity index (χ2v) is 7.55. The van der Waals surface area contributed by atoms with Gasteiger partial charge < -0.3 is 19.5 Å². The van der Waals surface area contributed by atoms with Gasteiger partial charge in [0.1, 0.15) is 17.3 Å². The van der Waals surface area contributed by atoms with E-state index < -0.39 is 17.6 Å². The van der Waals surface area contributed by atoms with Crippen molar-refractivity contribution in [3.63, 3.8) is 0 Å². The summed E-state index contributed by atoms with van der Waals surface area (Å²) < 4.78 is 30.7. The van der Waals surface area contributed by atoms with E-state index in [1.165, 1.54) is 39.5 Å². The molecule has 8 heteroatoms. The molecule has 0 saturated carbocycles. The monoisotopic (exact) mass is 462 g/mol. The van der Waals surface area contributed by atoms with E-state index in [2.05, 4.69) is 5.32 Å². The van der Waals surface area contributed by atoms with Crippen molar-refractivity contribution in [2.45, 2.75) is 6.92 Å². The fourth-order valence-corrected chi connectivity index (χ4v) is 3.81. The van der Waals surface area contributed by atoms with Crippen LogP contribution in [-0.2, 0) is 9.59 Å². The van der Waals surface area contributed by atoms with Crippen LogP contribution in [0.4, 0.5) is 15.8 Å². The molecule has 3 aromatic rings. The standard InChI is InChI=1S/C26H23FN2O5/c1-15-9-11-20(32-2)18(13-15)28-24-23(16-10-12-21(33-3)22(14-16)34-4)25(30)29(26(24)31)19-8-6-5-7-17(19)27/h5-14,28H,1-4H3. The quantitative estimate of drug-likeness (QED) is 0.519. The third-order valence-corrected chi connectivity index (χ3v) is 5.46. The summed E-state index contributed by atoms with van der Waals surface area (Å²) in [5.74, 6) is -0.728. The number of carbonyl (C=O) groups excluding carboxylic acids is 2. The molecular weight excluding hydrogens is 439 g/mol. The van der Waals surface area contributed by atoms with Crippen LogP contribution in [0.25, 0.3) is 5.57 Å². The molecule has 174 valence electrons. The maximum absolute atomic E-state index is 14.6. The lowest BCUT2D eigenvalue weighted by atomic mass is 10.0. The van der Waals surface area contributed by atoms with Gasteiger partial charge in [0.05, 0.1) is 38.3 Å². The number of halogens is 1. The van der Waals surface area contributed by atoms with E-state index in [0.717, 1.165) is 10.5 Å². The Bertz CT molecular complexity index is 1320. The van der Waals surface area contributed by atoms with Gasteiger partial charge in [-0.15, -0.1) is 0 Å². The largest absolute Gasteiger partial charge is 0.495 e. The van der Waals surface area contributed by atoms with Gasteiger partial charge in [0, 0.05) is 0 Å². The summed E-state index contributed by atoms with van der Waals surface area (Å²) in [5, 5.41) is 3.06. The second kappa shape index (κ2) is 9.27. The van der Waals surface area contributed by atoms with Gasteiger partial charge in [0.15, 0.2) is 11.5 Å². The van der Waals surface area contributed by atoms with E-state index in [4.69, 9.17) is 14.2 Å². The van der Waals surface area contributed by atoms with Gasteiger partial charge in [-0.2, -0.15) is 0 Å². The van der Waals surface area contributed by atoms with Crippen LogP contribution < -0.4 is 24.4 Å². The van der Waals surface area contributed by atoms with Crippen molar-refractivity contribution in [3.8, 4) is 17.2 Å². The molecule has 0 unspecified atom stereocenters. The molecule has 1 aliphatic rings. The molecule has 1 N–H and O–H groups in total. The summed E-state index contributed by atoms with van der Waals surface area (Å²) in [5.41, 5.74) is 1.74. The van der Waals surface area contributed by atoms with Crippen LogP contribution in [0.3, 0.4) is 0 Å². The number of ether oxygens (including phenoxy) is 3. The van der Waals surface area contributed by atoms with Crippen LogP contribution in [0, 0.1) is 12.7 Å². The fourth-order valence-electron chi connectivity index (χ4n) is 3.81. The summed E-state index contributed by atoms with van der Waals surface area (Å²) in [4.78, 5) is 27.9. The summed E-state index contributed by atoms with van der Waals surface area (Å²) in [7, 11) is 4.48. The van der Waals surface area contributed by atoms with Crippen molar-refractivity contribution in [3.05, 3.63) is 83.3 Å². The van der Waals surface area contributed by atoms with Crippen molar-refractivity contribution in [1.82, 2.24) is 0 Å². The number of benzene rings is 3. The van der Waals surface area contributed by atoms with E-state index in [9.17, 15) is 14.0 Å². The number of hydrogen-bond donors (Lipinski definition) is 1. The molecule has 1 aliphatic heterocycles. The van der Waals surface area contributed by atoms with Crippen LogP contribution in [0.1, 0.15) is 11.1 Å². The molecule has 7 nitrogen and oxygen atoms in total. The van der Waals surface area contributed by atoms with Crippen molar-refractivity contribution in [1.29, 1.82) is 0 Å². The van der Waals surface area contributed by atoms with Crippen molar-refractivity contribution in [2.75, 3.05) is 31.5 Å². The molecule has 34 heavy (non-hydrogen) atoms. The van der Waals surface area contributed by atoms with E-state index in [0.29, 0.717) is 28.5 Å². The number of imide groups is 1. The Labute approximate surface area is 196 Å². The van der Waals surface area contributed by atoms with Gasteiger partial charge in [-0.3, -0.25) is 9.59 Å². The fraction of sp³-hybridized carbons (Fsp3) is 0.154. The van der Waals surface area contributed by atoms with Gasteiger partial charge in [-0.1, -0.05) is 24.3 Å². The molecule has 0 atom stereocenters. The molecule has 0 radical (unpaired) electrons. The Morgan fingerprint density at radius 2 is 1.47 bits per heavy atom. The molecule has 4 rings (SSSR count). The number of carbonyl (C=O) groups is 2. The maximum atomic E-state index is 14.6. The minimum Gasteiger partial charge on any atom is -0.495 e. The highest BCUT2D eigenvalue weighted by molar-refractivity contribution is 6.46. The molecule has 2 amide bonds. The highest BCUT2D eigenvalue weighted by Crippen LogP contribution is 2.39. The number of nitrogens with zero attached hydrogens (tertiary/aromatic N) is 1. The number of para-hydroxylation sites is 1. The Kier molecular flexibility index (Phi) is 6.23. The third kappa shape index (κ3) is 3.94. The topological polar surface area (TPSA) is 77.1 Å². The smallest absolute Gasteiger partial charge is 0.282 e. The number of anilines is 2. The lowest BCUT2D eigenvalue weighted by molar-refractivity contribution is -0.120. The van der Waals surface area contributed by atoms with Gasteiger partial charge in [-0.25, -0.2) is 9.29 Å². The molecule has 0 spiro atoms. The number of rotatable bonds is 7. The second-order valence-electron chi connectivity index (χ2n) is 7.55. The molecule has 0 aromatic heterocycles. The number of amides is 2. The van der Waals surface area contributed by atoms with Crippen molar-refractivity contribution < 1.29 is 28.2 Å². The zero-order valence-corrected chi connectivity index (χ0v) is 19.1. The van der Waals surface area contributed by atoms with Crippen LogP contribution in [0.5, 0.6) is 17.2 Å². The Morgan fingerprint density at radius 3 is 2.15 bits per heavy atom. The minimum absolute atomic E-state index is 0.00984. The van der Waals surface area contributed by atoms with E-state index in [-0.39, 0.29) is 17.0 Å². The zero-order valence-electron chi connectivity index (χ0n) is 19.1. The van der Waals surface area contributed by atoms with Gasteiger partial charge in [-0.05, 0) is 54.4 Å². The first-order chi connectivity index (χ1) is 16.4.